The highest BCUT2D eigenvalue weighted by molar-refractivity contribution is 5.89. The second-order valence-corrected chi connectivity index (χ2v) is 10.6. The van der Waals surface area contributed by atoms with Gasteiger partial charge in [-0.1, -0.05) is 0 Å². The number of rotatable bonds is 5. The van der Waals surface area contributed by atoms with Crippen molar-refractivity contribution in [3.05, 3.63) is 36.0 Å². The average molecular weight is 501 g/mol. The van der Waals surface area contributed by atoms with E-state index in [0.717, 1.165) is 45.1 Å². The number of halogens is 3. The van der Waals surface area contributed by atoms with Crippen molar-refractivity contribution in [2.45, 2.75) is 37.9 Å². The minimum absolute atomic E-state index is 0.0158. The van der Waals surface area contributed by atoms with Crippen molar-refractivity contribution < 1.29 is 17.9 Å². The van der Waals surface area contributed by atoms with Gasteiger partial charge in [-0.15, -0.1) is 10.2 Å². The van der Waals surface area contributed by atoms with E-state index < -0.39 is 11.7 Å². The molecule has 4 heterocycles. The molecule has 1 aromatic carbocycles. The van der Waals surface area contributed by atoms with E-state index in [1.54, 1.807) is 25.2 Å². The maximum Gasteiger partial charge on any atom is 0.417 e. The first-order chi connectivity index (χ1) is 17.3. The Morgan fingerprint density at radius 1 is 1.03 bits per heavy atom. The number of benzene rings is 1. The molecule has 10 heteroatoms. The Hall–Kier alpha value is -2.72. The summed E-state index contributed by atoms with van der Waals surface area (Å²) in [7, 11) is 1.61. The SMILES string of the molecule is Cn1cc2c(C(F)(F)F)c(-c3ccc(NC4CC5CN(CC6CCOCC6)C[C@H]5C4)nn3)ccc2n1. The van der Waals surface area contributed by atoms with E-state index in [9.17, 15) is 13.2 Å². The summed E-state index contributed by atoms with van der Waals surface area (Å²) in [6.07, 6.45) is 1.39. The molecular formula is C26H31F3N6O. The summed E-state index contributed by atoms with van der Waals surface area (Å²) in [6.45, 7) is 5.29. The van der Waals surface area contributed by atoms with E-state index in [1.807, 2.05) is 0 Å². The van der Waals surface area contributed by atoms with Gasteiger partial charge in [0.15, 0.2) is 0 Å². The van der Waals surface area contributed by atoms with Crippen LogP contribution < -0.4 is 5.32 Å². The Labute approximate surface area is 208 Å². The first-order valence-corrected chi connectivity index (χ1v) is 12.8. The van der Waals surface area contributed by atoms with Gasteiger partial charge in [-0.25, -0.2) is 0 Å². The molecule has 2 unspecified atom stereocenters. The van der Waals surface area contributed by atoms with E-state index in [4.69, 9.17) is 4.74 Å². The molecule has 0 radical (unpaired) electrons. The second-order valence-electron chi connectivity index (χ2n) is 10.6. The zero-order valence-corrected chi connectivity index (χ0v) is 20.3. The predicted octanol–water partition coefficient (Wildman–Crippen LogP) is 4.60. The number of aryl methyl sites for hydroxylation is 1. The van der Waals surface area contributed by atoms with Crippen LogP contribution in [-0.4, -0.2) is 63.8 Å². The van der Waals surface area contributed by atoms with Crippen LogP contribution in [0.1, 0.15) is 31.2 Å². The monoisotopic (exact) mass is 500 g/mol. The molecule has 1 saturated carbocycles. The molecule has 7 nitrogen and oxygen atoms in total. The number of aromatic nitrogens is 4. The van der Waals surface area contributed by atoms with Crippen LogP contribution in [0.15, 0.2) is 30.5 Å². The summed E-state index contributed by atoms with van der Waals surface area (Å²) in [5.41, 5.74) is -0.206. The normalized spacial score (nSPS) is 25.5. The van der Waals surface area contributed by atoms with Gasteiger partial charge < -0.3 is 15.0 Å². The molecule has 0 amide bonds. The third-order valence-electron chi connectivity index (χ3n) is 8.06. The standard InChI is InChI=1S/C26H31F3N6O/c1-34-15-21-23(33-34)3-2-20(25(21)26(27,28)29)22-4-5-24(32-31-22)30-19-10-17-13-35(14-18(17)11-19)12-16-6-8-36-9-7-16/h2-5,15-19H,6-14H2,1H3,(H,30,32)/t17-,18?,19?/m1/s1. The highest BCUT2D eigenvalue weighted by Crippen LogP contribution is 2.42. The summed E-state index contributed by atoms with van der Waals surface area (Å²) in [5.74, 6) is 2.75. The molecule has 2 saturated heterocycles. The number of ether oxygens (including phenoxy) is 1. The van der Waals surface area contributed by atoms with Crippen molar-refractivity contribution in [3.8, 4) is 11.3 Å². The number of alkyl halides is 3. The lowest BCUT2D eigenvalue weighted by atomic mass is 10.00. The summed E-state index contributed by atoms with van der Waals surface area (Å²) in [5, 5.41) is 16.1. The fourth-order valence-electron chi connectivity index (χ4n) is 6.45. The zero-order chi connectivity index (χ0) is 24.9. The molecule has 1 aliphatic carbocycles. The molecule has 192 valence electrons. The number of hydrogen-bond acceptors (Lipinski definition) is 6. The van der Waals surface area contributed by atoms with Gasteiger partial charge in [0, 0.05) is 63.1 Å². The third kappa shape index (κ3) is 4.68. The quantitative estimate of drug-likeness (QED) is 0.553. The highest BCUT2D eigenvalue weighted by Gasteiger charge is 2.41. The topological polar surface area (TPSA) is 68.1 Å². The Kier molecular flexibility index (Phi) is 6.11. The van der Waals surface area contributed by atoms with E-state index in [-0.39, 0.29) is 16.6 Å². The van der Waals surface area contributed by atoms with Crippen molar-refractivity contribution in [1.29, 1.82) is 0 Å². The Bertz CT molecular complexity index is 1210. The van der Waals surface area contributed by atoms with Gasteiger partial charge in [0.1, 0.15) is 5.82 Å². The highest BCUT2D eigenvalue weighted by atomic mass is 19.4. The number of likely N-dealkylation sites (tertiary alicyclic amines) is 1. The van der Waals surface area contributed by atoms with Crippen molar-refractivity contribution >= 4 is 16.7 Å². The van der Waals surface area contributed by atoms with Crippen molar-refractivity contribution in [3.63, 3.8) is 0 Å². The first-order valence-electron chi connectivity index (χ1n) is 12.8. The maximum atomic E-state index is 14.0. The predicted molar refractivity (Wildman–Crippen MR) is 130 cm³/mol. The van der Waals surface area contributed by atoms with Crippen LogP contribution in [0.2, 0.25) is 0 Å². The van der Waals surface area contributed by atoms with Crippen LogP contribution in [0.5, 0.6) is 0 Å². The lowest BCUT2D eigenvalue weighted by Crippen LogP contribution is -2.32. The maximum absolute atomic E-state index is 14.0. The number of anilines is 1. The Morgan fingerprint density at radius 3 is 2.44 bits per heavy atom. The lowest BCUT2D eigenvalue weighted by Gasteiger charge is -2.27. The van der Waals surface area contributed by atoms with E-state index >= 15 is 0 Å². The molecule has 2 aromatic heterocycles. The van der Waals surface area contributed by atoms with Gasteiger partial charge in [-0.2, -0.15) is 18.3 Å². The second kappa shape index (κ2) is 9.30. The summed E-state index contributed by atoms with van der Waals surface area (Å²) in [4.78, 5) is 2.63. The van der Waals surface area contributed by atoms with Crippen molar-refractivity contribution in [1.82, 2.24) is 24.9 Å². The Balaban J connectivity index is 1.11. The fourth-order valence-corrected chi connectivity index (χ4v) is 6.45. The average Bonchev–Trinajstić information content (AvgIpc) is 3.50. The fraction of sp³-hybridized carbons (Fsp3) is 0.577. The molecule has 3 aromatic rings. The van der Waals surface area contributed by atoms with Crippen LogP contribution in [0, 0.1) is 17.8 Å². The number of fused-ring (bicyclic) bond motifs is 2. The van der Waals surface area contributed by atoms with Gasteiger partial charge in [0.2, 0.25) is 0 Å². The molecule has 36 heavy (non-hydrogen) atoms. The summed E-state index contributed by atoms with van der Waals surface area (Å²) < 4.78 is 48.8. The van der Waals surface area contributed by atoms with Gasteiger partial charge in [-0.05, 0) is 67.7 Å². The smallest absolute Gasteiger partial charge is 0.381 e. The van der Waals surface area contributed by atoms with E-state index in [2.05, 4.69) is 25.5 Å². The molecule has 6 rings (SSSR count). The zero-order valence-electron chi connectivity index (χ0n) is 20.3. The molecular weight excluding hydrogens is 469 g/mol. The molecule has 1 N–H and O–H groups in total. The molecule has 3 aliphatic rings. The van der Waals surface area contributed by atoms with E-state index in [0.29, 0.717) is 29.2 Å². The molecule has 0 bridgehead atoms. The van der Waals surface area contributed by atoms with Gasteiger partial charge >= 0.3 is 6.18 Å². The van der Waals surface area contributed by atoms with Crippen LogP contribution in [0.25, 0.3) is 22.2 Å². The van der Waals surface area contributed by atoms with Crippen LogP contribution in [0.4, 0.5) is 19.0 Å². The molecule has 3 fully saturated rings. The van der Waals surface area contributed by atoms with Gasteiger partial charge in [0.25, 0.3) is 0 Å². The third-order valence-corrected chi connectivity index (χ3v) is 8.06. The molecule has 0 spiro atoms. The van der Waals surface area contributed by atoms with Crippen molar-refractivity contribution in [2.75, 3.05) is 38.2 Å². The number of nitrogens with zero attached hydrogens (tertiary/aromatic N) is 5. The van der Waals surface area contributed by atoms with Crippen LogP contribution in [0.3, 0.4) is 0 Å². The molecule has 2 aliphatic heterocycles. The first kappa shape index (κ1) is 23.7. The number of nitrogens with one attached hydrogen (secondary N) is 1. The minimum atomic E-state index is -4.53. The van der Waals surface area contributed by atoms with E-state index in [1.165, 1.54) is 36.3 Å². The van der Waals surface area contributed by atoms with Gasteiger partial charge in [0.05, 0.1) is 16.8 Å². The van der Waals surface area contributed by atoms with Crippen LogP contribution >= 0.6 is 0 Å². The minimum Gasteiger partial charge on any atom is -0.381 e. The molecule has 3 atom stereocenters. The lowest BCUT2D eigenvalue weighted by molar-refractivity contribution is -0.135. The largest absolute Gasteiger partial charge is 0.417 e. The van der Waals surface area contributed by atoms with Crippen LogP contribution in [-0.2, 0) is 18.0 Å². The summed E-state index contributed by atoms with van der Waals surface area (Å²) in [6, 6.07) is 6.70. The number of hydrogen-bond donors (Lipinski definition) is 1. The van der Waals surface area contributed by atoms with Gasteiger partial charge in [-0.3, -0.25) is 4.68 Å². The summed E-state index contributed by atoms with van der Waals surface area (Å²) >= 11 is 0. The van der Waals surface area contributed by atoms with Crippen molar-refractivity contribution in [2.24, 2.45) is 24.8 Å². The Morgan fingerprint density at radius 2 is 1.78 bits per heavy atom.